The maximum atomic E-state index is 12.7. The number of carbonyl (C=O) groups excluding carboxylic acids is 2. The van der Waals surface area contributed by atoms with Gasteiger partial charge in [0.15, 0.2) is 17.3 Å². The summed E-state index contributed by atoms with van der Waals surface area (Å²) in [6.07, 6.45) is -3.72. The van der Waals surface area contributed by atoms with E-state index in [1.54, 1.807) is 6.07 Å². The number of ketones is 2. The van der Waals surface area contributed by atoms with Crippen molar-refractivity contribution in [3.8, 4) is 11.5 Å². The SMILES string of the molecule is COc1ccc(C(=O)CN(/C=C/C(=O)C(F)(F)F)c2ccc(Cl)cc2)cc1OC. The molecule has 154 valence electrons. The maximum absolute atomic E-state index is 12.7. The van der Waals surface area contributed by atoms with Gasteiger partial charge >= 0.3 is 6.18 Å². The molecule has 0 atom stereocenters. The van der Waals surface area contributed by atoms with Gasteiger partial charge in [-0.15, -0.1) is 0 Å². The van der Waals surface area contributed by atoms with Crippen LogP contribution in [0, 0.1) is 0 Å². The average Bonchev–Trinajstić information content (AvgIpc) is 2.70. The number of benzene rings is 2. The summed E-state index contributed by atoms with van der Waals surface area (Å²) in [4.78, 5) is 25.1. The Balaban J connectivity index is 2.31. The molecule has 9 heteroatoms. The number of halogens is 4. The van der Waals surface area contributed by atoms with Crippen molar-refractivity contribution in [2.24, 2.45) is 0 Å². The first-order chi connectivity index (χ1) is 13.7. The van der Waals surface area contributed by atoms with Gasteiger partial charge in [0.2, 0.25) is 0 Å². The van der Waals surface area contributed by atoms with Crippen LogP contribution in [0.4, 0.5) is 18.9 Å². The lowest BCUT2D eigenvalue weighted by Crippen LogP contribution is -2.26. The Morgan fingerprint density at radius 3 is 2.21 bits per heavy atom. The fourth-order valence-electron chi connectivity index (χ4n) is 2.37. The first-order valence-corrected chi connectivity index (χ1v) is 8.60. The zero-order valence-electron chi connectivity index (χ0n) is 15.5. The van der Waals surface area contributed by atoms with Gasteiger partial charge in [-0.25, -0.2) is 0 Å². The molecular formula is C20H17ClF3NO4. The second-order valence-electron chi connectivity index (χ2n) is 5.78. The van der Waals surface area contributed by atoms with Gasteiger partial charge in [-0.05, 0) is 42.5 Å². The van der Waals surface area contributed by atoms with Crippen LogP contribution in [-0.4, -0.2) is 38.5 Å². The number of Topliss-reactive ketones (excluding diaryl/α,β-unsaturated/α-hetero) is 1. The van der Waals surface area contributed by atoms with E-state index >= 15 is 0 Å². The van der Waals surface area contributed by atoms with E-state index in [-0.39, 0.29) is 12.1 Å². The highest BCUT2D eigenvalue weighted by molar-refractivity contribution is 6.30. The van der Waals surface area contributed by atoms with E-state index < -0.39 is 17.7 Å². The van der Waals surface area contributed by atoms with Gasteiger partial charge in [0.05, 0.1) is 20.8 Å². The Morgan fingerprint density at radius 2 is 1.66 bits per heavy atom. The van der Waals surface area contributed by atoms with Crippen molar-refractivity contribution in [1.82, 2.24) is 0 Å². The Labute approximate surface area is 170 Å². The highest BCUT2D eigenvalue weighted by Crippen LogP contribution is 2.28. The molecule has 0 bridgehead atoms. The van der Waals surface area contributed by atoms with Crippen LogP contribution < -0.4 is 14.4 Å². The van der Waals surface area contributed by atoms with Gasteiger partial charge in [-0.1, -0.05) is 11.6 Å². The molecule has 2 aromatic rings. The third-order valence-corrected chi connectivity index (χ3v) is 4.11. The molecule has 2 aromatic carbocycles. The number of carbonyl (C=O) groups is 2. The van der Waals surface area contributed by atoms with E-state index in [0.29, 0.717) is 28.3 Å². The molecule has 29 heavy (non-hydrogen) atoms. The molecule has 0 aromatic heterocycles. The second kappa shape index (κ2) is 9.47. The fraction of sp³-hybridized carbons (Fsp3) is 0.200. The second-order valence-corrected chi connectivity index (χ2v) is 6.21. The quantitative estimate of drug-likeness (QED) is 0.452. The maximum Gasteiger partial charge on any atom is 0.454 e. The molecule has 0 unspecified atom stereocenters. The topological polar surface area (TPSA) is 55.8 Å². The van der Waals surface area contributed by atoms with Crippen molar-refractivity contribution in [3.05, 3.63) is 65.3 Å². The van der Waals surface area contributed by atoms with Crippen LogP contribution in [0.2, 0.25) is 5.02 Å². The number of nitrogens with zero attached hydrogens (tertiary/aromatic N) is 1. The van der Waals surface area contributed by atoms with E-state index in [1.807, 2.05) is 0 Å². The van der Waals surface area contributed by atoms with Crippen LogP contribution in [0.25, 0.3) is 0 Å². The lowest BCUT2D eigenvalue weighted by Gasteiger charge is -2.20. The lowest BCUT2D eigenvalue weighted by atomic mass is 10.1. The smallest absolute Gasteiger partial charge is 0.454 e. The molecule has 0 fully saturated rings. The number of hydrogen-bond acceptors (Lipinski definition) is 5. The Hall–Kier alpha value is -3.00. The van der Waals surface area contributed by atoms with E-state index in [4.69, 9.17) is 21.1 Å². The van der Waals surface area contributed by atoms with E-state index in [9.17, 15) is 22.8 Å². The number of ether oxygens (including phenoxy) is 2. The fourth-order valence-corrected chi connectivity index (χ4v) is 2.50. The van der Waals surface area contributed by atoms with Crippen molar-refractivity contribution < 1.29 is 32.2 Å². The summed E-state index contributed by atoms with van der Waals surface area (Å²) in [6.45, 7) is -0.321. The van der Waals surface area contributed by atoms with Crippen molar-refractivity contribution >= 4 is 28.9 Å². The number of methoxy groups -OCH3 is 2. The zero-order valence-corrected chi connectivity index (χ0v) is 16.3. The van der Waals surface area contributed by atoms with Gasteiger partial charge in [-0.2, -0.15) is 13.2 Å². The Morgan fingerprint density at radius 1 is 1.03 bits per heavy atom. The normalized spacial score (nSPS) is 11.4. The number of hydrogen-bond donors (Lipinski definition) is 0. The van der Waals surface area contributed by atoms with E-state index in [0.717, 1.165) is 6.20 Å². The molecule has 0 amide bonds. The van der Waals surface area contributed by atoms with Gasteiger partial charge in [0.1, 0.15) is 0 Å². The van der Waals surface area contributed by atoms with E-state index in [2.05, 4.69) is 0 Å². The first-order valence-electron chi connectivity index (χ1n) is 8.22. The third kappa shape index (κ3) is 5.99. The molecule has 2 rings (SSSR count). The minimum Gasteiger partial charge on any atom is -0.493 e. The number of allylic oxidation sites excluding steroid dienone is 1. The molecular weight excluding hydrogens is 411 g/mol. The predicted octanol–water partition coefficient (Wildman–Crippen LogP) is 4.69. The molecule has 0 saturated heterocycles. The predicted molar refractivity (Wildman–Crippen MR) is 103 cm³/mol. The van der Waals surface area contributed by atoms with Crippen LogP contribution in [0.15, 0.2) is 54.7 Å². The van der Waals surface area contributed by atoms with Gasteiger partial charge < -0.3 is 14.4 Å². The molecule has 0 N–H and O–H groups in total. The molecule has 5 nitrogen and oxygen atoms in total. The number of alkyl halides is 3. The Bertz CT molecular complexity index is 911. The van der Waals surface area contributed by atoms with Crippen molar-refractivity contribution in [1.29, 1.82) is 0 Å². The minimum atomic E-state index is -5.00. The monoisotopic (exact) mass is 427 g/mol. The average molecular weight is 428 g/mol. The highest BCUT2D eigenvalue weighted by atomic mass is 35.5. The Kier molecular flexibility index (Phi) is 7.28. The van der Waals surface area contributed by atoms with Crippen LogP contribution in [0.3, 0.4) is 0 Å². The lowest BCUT2D eigenvalue weighted by molar-refractivity contribution is -0.165. The number of anilines is 1. The summed E-state index contributed by atoms with van der Waals surface area (Å²) in [5.41, 5.74) is 0.645. The van der Waals surface area contributed by atoms with Crippen LogP contribution in [0.5, 0.6) is 11.5 Å². The molecule has 0 saturated carbocycles. The third-order valence-electron chi connectivity index (χ3n) is 3.86. The molecule has 0 aliphatic rings. The summed E-state index contributed by atoms with van der Waals surface area (Å²) < 4.78 is 47.8. The van der Waals surface area contributed by atoms with E-state index in [1.165, 1.54) is 55.5 Å². The van der Waals surface area contributed by atoms with Crippen molar-refractivity contribution in [3.63, 3.8) is 0 Å². The highest BCUT2D eigenvalue weighted by Gasteiger charge is 2.36. The molecule has 0 radical (unpaired) electrons. The standard InChI is InChI=1S/C20H17ClF3NO4/c1-28-17-8-3-13(11-18(17)29-2)16(26)12-25(10-9-19(27)20(22,23)24)15-6-4-14(21)5-7-15/h3-11H,12H2,1-2H3/b10-9+. The van der Waals surface area contributed by atoms with Crippen LogP contribution >= 0.6 is 11.6 Å². The first kappa shape index (κ1) is 22.3. The summed E-state index contributed by atoms with van der Waals surface area (Å²) in [6, 6.07) is 10.6. The molecule has 0 aliphatic carbocycles. The zero-order chi connectivity index (χ0) is 21.6. The van der Waals surface area contributed by atoms with Gasteiger partial charge in [0, 0.05) is 28.5 Å². The number of rotatable bonds is 8. The van der Waals surface area contributed by atoms with Crippen LogP contribution in [-0.2, 0) is 4.79 Å². The van der Waals surface area contributed by atoms with Crippen molar-refractivity contribution in [2.75, 3.05) is 25.7 Å². The molecule has 0 spiro atoms. The van der Waals surface area contributed by atoms with Gasteiger partial charge in [0.25, 0.3) is 5.78 Å². The van der Waals surface area contributed by atoms with Gasteiger partial charge in [-0.3, -0.25) is 9.59 Å². The minimum absolute atomic E-state index is 0.261. The summed E-state index contributed by atoms with van der Waals surface area (Å²) in [7, 11) is 2.86. The molecule has 0 aliphatic heterocycles. The molecule has 0 heterocycles. The van der Waals surface area contributed by atoms with Crippen LogP contribution in [0.1, 0.15) is 10.4 Å². The van der Waals surface area contributed by atoms with Crippen molar-refractivity contribution in [2.45, 2.75) is 6.18 Å². The summed E-state index contributed by atoms with van der Waals surface area (Å²) in [5.74, 6) is -1.69. The summed E-state index contributed by atoms with van der Waals surface area (Å²) in [5, 5.41) is 0.412. The largest absolute Gasteiger partial charge is 0.493 e. The summed E-state index contributed by atoms with van der Waals surface area (Å²) >= 11 is 5.84.